The van der Waals surface area contributed by atoms with Gasteiger partial charge >= 0.3 is 5.97 Å². The summed E-state index contributed by atoms with van der Waals surface area (Å²) >= 11 is 1.21. The van der Waals surface area contributed by atoms with Gasteiger partial charge in [0.1, 0.15) is 10.6 Å². The van der Waals surface area contributed by atoms with Crippen LogP contribution < -0.4 is 5.73 Å². The van der Waals surface area contributed by atoms with Gasteiger partial charge in [-0.05, 0) is 13.8 Å². The van der Waals surface area contributed by atoms with Crippen LogP contribution in [0.5, 0.6) is 0 Å². The van der Waals surface area contributed by atoms with E-state index in [9.17, 15) is 4.79 Å². The average Bonchev–Trinajstić information content (AvgIpc) is 2.82. The van der Waals surface area contributed by atoms with E-state index in [4.69, 9.17) is 10.8 Å². The fourth-order valence-corrected chi connectivity index (χ4v) is 2.25. The lowest BCUT2D eigenvalue weighted by atomic mass is 10.2. The number of rotatable bonds is 7. The Hall–Kier alpha value is -1.79. The number of aromatic nitrogens is 2. The highest BCUT2D eigenvalue weighted by atomic mass is 32.2. The molecule has 0 fully saturated rings. The molecule has 0 aliphatic heterocycles. The molecule has 1 aromatic rings. The van der Waals surface area contributed by atoms with Crippen LogP contribution in [0.25, 0.3) is 5.57 Å². The minimum absolute atomic E-state index is 0.433. The normalized spacial score (nSPS) is 12.8. The van der Waals surface area contributed by atoms with Crippen molar-refractivity contribution >= 4 is 23.3 Å². The second-order valence-corrected chi connectivity index (χ2v) is 6.17. The zero-order valence-electron chi connectivity index (χ0n) is 11.6. The van der Waals surface area contributed by atoms with E-state index in [0.29, 0.717) is 17.4 Å². The van der Waals surface area contributed by atoms with Gasteiger partial charge in [-0.25, -0.2) is 4.98 Å². The lowest BCUT2D eigenvalue weighted by molar-refractivity contribution is -0.138. The molecule has 0 radical (unpaired) electrons. The first-order valence-corrected chi connectivity index (χ1v) is 6.89. The van der Waals surface area contributed by atoms with Crippen molar-refractivity contribution in [2.45, 2.75) is 23.6 Å². The molecule has 1 aromatic heterocycles. The van der Waals surface area contributed by atoms with E-state index in [1.807, 2.05) is 18.2 Å². The number of hydrogen-bond donors (Lipinski definition) is 3. The van der Waals surface area contributed by atoms with Gasteiger partial charge in [0.25, 0.3) is 0 Å². The number of carboxylic acid groups (broad SMARTS) is 1. The summed E-state index contributed by atoms with van der Waals surface area (Å²) in [6, 6.07) is 0. The summed E-state index contributed by atoms with van der Waals surface area (Å²) in [6.07, 6.45) is 8.75. The van der Waals surface area contributed by atoms with Crippen LogP contribution in [-0.4, -0.2) is 32.3 Å². The van der Waals surface area contributed by atoms with Crippen molar-refractivity contribution in [1.82, 2.24) is 9.97 Å². The second-order valence-electron chi connectivity index (χ2n) is 4.51. The molecular weight excluding hydrogens is 274 g/mol. The lowest BCUT2D eigenvalue weighted by Gasteiger charge is -2.16. The SMILES string of the molecule is C=C/C=C(\C=C/CN)c1ncc(SC(C)(C)C(=O)O)[nH]1. The zero-order valence-corrected chi connectivity index (χ0v) is 12.4. The molecule has 0 amide bonds. The molecule has 20 heavy (non-hydrogen) atoms. The molecule has 0 aliphatic carbocycles. The van der Waals surface area contributed by atoms with Crippen molar-refractivity contribution in [1.29, 1.82) is 0 Å². The van der Waals surface area contributed by atoms with Crippen LogP contribution >= 0.6 is 11.8 Å². The number of allylic oxidation sites excluding steroid dienone is 4. The lowest BCUT2D eigenvalue weighted by Crippen LogP contribution is -2.26. The van der Waals surface area contributed by atoms with E-state index in [1.54, 1.807) is 26.1 Å². The molecule has 0 unspecified atom stereocenters. The third-order valence-electron chi connectivity index (χ3n) is 2.44. The first-order valence-electron chi connectivity index (χ1n) is 6.08. The van der Waals surface area contributed by atoms with Gasteiger partial charge in [-0.3, -0.25) is 4.79 Å². The Balaban J connectivity index is 2.96. The van der Waals surface area contributed by atoms with Crippen LogP contribution in [0, 0.1) is 0 Å². The van der Waals surface area contributed by atoms with Crippen molar-refractivity contribution in [2.24, 2.45) is 5.73 Å². The van der Waals surface area contributed by atoms with E-state index in [2.05, 4.69) is 16.5 Å². The molecule has 6 heteroatoms. The number of nitrogens with one attached hydrogen (secondary N) is 1. The Labute approximate surface area is 122 Å². The Bertz CT molecular complexity index is 544. The topological polar surface area (TPSA) is 92.0 Å². The Morgan fingerprint density at radius 1 is 1.65 bits per heavy atom. The number of carboxylic acids is 1. The van der Waals surface area contributed by atoms with Crippen molar-refractivity contribution in [3.05, 3.63) is 42.9 Å². The highest BCUT2D eigenvalue weighted by molar-refractivity contribution is 8.01. The summed E-state index contributed by atoms with van der Waals surface area (Å²) in [5, 5.41) is 9.81. The Morgan fingerprint density at radius 3 is 2.90 bits per heavy atom. The van der Waals surface area contributed by atoms with Crippen LogP contribution in [0.4, 0.5) is 0 Å². The fourth-order valence-electron chi connectivity index (χ4n) is 1.36. The maximum Gasteiger partial charge on any atom is 0.319 e. The molecule has 4 N–H and O–H groups in total. The molecule has 1 rings (SSSR count). The summed E-state index contributed by atoms with van der Waals surface area (Å²) in [7, 11) is 0. The van der Waals surface area contributed by atoms with E-state index in [0.717, 1.165) is 5.57 Å². The van der Waals surface area contributed by atoms with Gasteiger partial charge in [0.05, 0.1) is 11.2 Å². The largest absolute Gasteiger partial charge is 0.480 e. The number of hydrogen-bond acceptors (Lipinski definition) is 4. The maximum absolute atomic E-state index is 11.1. The second kappa shape index (κ2) is 7.12. The third kappa shape index (κ3) is 4.40. The molecule has 0 aliphatic rings. The van der Waals surface area contributed by atoms with Gasteiger partial charge in [0, 0.05) is 12.1 Å². The number of imidazole rings is 1. The quantitative estimate of drug-likeness (QED) is 0.530. The van der Waals surface area contributed by atoms with Crippen LogP contribution in [0.15, 0.2) is 42.1 Å². The highest BCUT2D eigenvalue weighted by Gasteiger charge is 2.29. The van der Waals surface area contributed by atoms with E-state index in [-0.39, 0.29) is 0 Å². The highest BCUT2D eigenvalue weighted by Crippen LogP contribution is 2.32. The van der Waals surface area contributed by atoms with Crippen molar-refractivity contribution < 1.29 is 9.90 Å². The molecule has 108 valence electrons. The van der Waals surface area contributed by atoms with Gasteiger partial charge in [0.15, 0.2) is 0 Å². The first-order chi connectivity index (χ1) is 9.40. The summed E-state index contributed by atoms with van der Waals surface area (Å²) < 4.78 is -0.917. The molecule has 0 aromatic carbocycles. The van der Waals surface area contributed by atoms with Crippen molar-refractivity contribution in [3.8, 4) is 0 Å². The Morgan fingerprint density at radius 2 is 2.35 bits per heavy atom. The first kappa shape index (κ1) is 16.3. The molecule has 1 heterocycles. The van der Waals surface area contributed by atoms with Crippen LogP contribution in [-0.2, 0) is 4.79 Å². The summed E-state index contributed by atoms with van der Waals surface area (Å²) in [5.74, 6) is -0.221. The van der Waals surface area contributed by atoms with Gasteiger partial charge in [-0.2, -0.15) is 0 Å². The molecule has 0 spiro atoms. The van der Waals surface area contributed by atoms with E-state index in [1.165, 1.54) is 11.8 Å². The number of thioether (sulfide) groups is 1. The number of nitrogens with zero attached hydrogens (tertiary/aromatic N) is 1. The molecular formula is C14H19N3O2S. The summed E-state index contributed by atoms with van der Waals surface area (Å²) in [4.78, 5) is 18.5. The predicted molar refractivity (Wildman–Crippen MR) is 82.5 cm³/mol. The number of nitrogens with two attached hydrogens (primary N) is 1. The number of H-pyrrole nitrogens is 1. The van der Waals surface area contributed by atoms with Crippen molar-refractivity contribution in [3.63, 3.8) is 0 Å². The molecule has 0 atom stereocenters. The minimum atomic E-state index is -0.917. The number of aliphatic carboxylic acids is 1. The van der Waals surface area contributed by atoms with Crippen LogP contribution in [0.3, 0.4) is 0 Å². The van der Waals surface area contributed by atoms with Gasteiger partial charge in [-0.1, -0.05) is 42.6 Å². The molecule has 0 saturated carbocycles. The summed E-state index contributed by atoms with van der Waals surface area (Å²) in [6.45, 7) is 7.39. The average molecular weight is 293 g/mol. The standard InChI is InChI=1S/C14H19N3O2S/c1-4-6-10(7-5-8-15)12-16-9-11(17-12)20-14(2,3)13(18)19/h4-7,9H,1,8,15H2,2-3H3,(H,16,17)(H,18,19)/b7-5-,10-6+. The van der Waals surface area contributed by atoms with Gasteiger partial charge < -0.3 is 15.8 Å². The predicted octanol–water partition coefficient (Wildman–Crippen LogP) is 2.45. The van der Waals surface area contributed by atoms with Crippen LogP contribution in [0.1, 0.15) is 19.7 Å². The van der Waals surface area contributed by atoms with Gasteiger partial charge in [0.2, 0.25) is 0 Å². The van der Waals surface area contributed by atoms with Gasteiger partial charge in [-0.15, -0.1) is 0 Å². The monoisotopic (exact) mass is 293 g/mol. The third-order valence-corrected chi connectivity index (χ3v) is 3.55. The van der Waals surface area contributed by atoms with Crippen LogP contribution in [0.2, 0.25) is 0 Å². The van der Waals surface area contributed by atoms with E-state index >= 15 is 0 Å². The fraction of sp³-hybridized carbons (Fsp3) is 0.286. The van der Waals surface area contributed by atoms with Crippen molar-refractivity contribution in [2.75, 3.05) is 6.54 Å². The maximum atomic E-state index is 11.1. The number of aromatic amines is 1. The minimum Gasteiger partial charge on any atom is -0.480 e. The molecule has 5 nitrogen and oxygen atoms in total. The van der Waals surface area contributed by atoms with E-state index < -0.39 is 10.7 Å². The smallest absolute Gasteiger partial charge is 0.319 e. The number of carbonyl (C=O) groups is 1. The Kier molecular flexibility index (Phi) is 5.79. The molecule has 0 bridgehead atoms. The zero-order chi connectivity index (χ0) is 15.2. The summed E-state index contributed by atoms with van der Waals surface area (Å²) in [5.41, 5.74) is 6.27. The molecule has 0 saturated heterocycles.